The molecular formula is C48H44N4O8. The average molecular weight is 805 g/mol. The van der Waals surface area contributed by atoms with Gasteiger partial charge >= 0.3 is 0 Å². The number of phenols is 8. The van der Waals surface area contributed by atoms with Crippen LogP contribution in [0, 0.1) is 0 Å². The van der Waals surface area contributed by atoms with E-state index in [4.69, 9.17) is 0 Å². The molecular weight excluding hydrogens is 761 g/mol. The van der Waals surface area contributed by atoms with Crippen LogP contribution >= 0.6 is 0 Å². The minimum atomic E-state index is -1.11. The van der Waals surface area contributed by atoms with Crippen LogP contribution in [0.25, 0.3) is 0 Å². The van der Waals surface area contributed by atoms with Crippen molar-refractivity contribution < 1.29 is 40.9 Å². The zero-order valence-corrected chi connectivity index (χ0v) is 33.1. The van der Waals surface area contributed by atoms with Crippen molar-refractivity contribution in [2.75, 3.05) is 0 Å². The van der Waals surface area contributed by atoms with Crippen molar-refractivity contribution in [1.82, 2.24) is 19.9 Å². The summed E-state index contributed by atoms with van der Waals surface area (Å²) in [6.07, 6.45) is 0. The molecule has 9 rings (SSSR count). The van der Waals surface area contributed by atoms with Crippen molar-refractivity contribution in [2.45, 2.75) is 49.4 Å². The molecule has 60 heavy (non-hydrogen) atoms. The van der Waals surface area contributed by atoms with E-state index < -0.39 is 21.7 Å². The minimum Gasteiger partial charge on any atom is -0.508 e. The van der Waals surface area contributed by atoms with Gasteiger partial charge in [0.1, 0.15) is 46.0 Å². The van der Waals surface area contributed by atoms with Gasteiger partial charge in [-0.25, -0.2) is 0 Å². The minimum absolute atomic E-state index is 0.141. The summed E-state index contributed by atoms with van der Waals surface area (Å²) in [6.45, 7) is 7.83. The van der Waals surface area contributed by atoms with Crippen molar-refractivity contribution in [1.29, 1.82) is 0 Å². The zero-order valence-electron chi connectivity index (χ0n) is 33.1. The Hall–Kier alpha value is -7.60. The monoisotopic (exact) mass is 804 g/mol. The van der Waals surface area contributed by atoms with E-state index in [1.807, 2.05) is 76.2 Å². The van der Waals surface area contributed by atoms with Crippen molar-refractivity contribution in [3.63, 3.8) is 0 Å². The molecule has 0 amide bonds. The molecule has 0 atom stereocenters. The number of hydrogen-bond donors (Lipinski definition) is 12. The Kier molecular flexibility index (Phi) is 8.19. The van der Waals surface area contributed by atoms with Gasteiger partial charge in [-0.05, 0) is 147 Å². The molecule has 1 aliphatic heterocycles. The number of hydrogen-bond acceptors (Lipinski definition) is 8. The quantitative estimate of drug-likeness (QED) is 0.0826. The summed E-state index contributed by atoms with van der Waals surface area (Å²) in [6, 6.07) is 33.1. The van der Waals surface area contributed by atoms with E-state index in [9.17, 15) is 40.9 Å². The highest BCUT2D eigenvalue weighted by molar-refractivity contribution is 5.59. The van der Waals surface area contributed by atoms with Crippen molar-refractivity contribution in [3.05, 3.63) is 189 Å². The summed E-state index contributed by atoms with van der Waals surface area (Å²) in [5, 5.41) is 86.8. The van der Waals surface area contributed by atoms with E-state index in [1.54, 1.807) is 48.5 Å². The van der Waals surface area contributed by atoms with Gasteiger partial charge in [0, 0.05) is 69.8 Å². The Morgan fingerprint density at radius 2 is 0.383 bits per heavy atom. The van der Waals surface area contributed by atoms with Gasteiger partial charge in [0.05, 0.1) is 21.7 Å². The topological polar surface area (TPSA) is 225 Å². The van der Waals surface area contributed by atoms with Gasteiger partial charge in [0.2, 0.25) is 0 Å². The predicted octanol–water partition coefficient (Wildman–Crippen LogP) is 8.37. The Morgan fingerprint density at radius 3 is 0.517 bits per heavy atom. The van der Waals surface area contributed by atoms with E-state index >= 15 is 0 Å². The van der Waals surface area contributed by atoms with Gasteiger partial charge in [-0.15, -0.1) is 0 Å². The third-order valence-electron chi connectivity index (χ3n) is 13.0. The van der Waals surface area contributed by atoms with Crippen molar-refractivity contribution in [2.24, 2.45) is 0 Å². The Bertz CT molecular complexity index is 2410. The number of fused-ring (bicyclic) bond motifs is 8. The number of phenolic OH excluding ortho intramolecular Hbond substituents is 8. The lowest BCUT2D eigenvalue weighted by Crippen LogP contribution is -2.32. The van der Waals surface area contributed by atoms with Gasteiger partial charge < -0.3 is 60.8 Å². The van der Waals surface area contributed by atoms with Crippen molar-refractivity contribution >= 4 is 0 Å². The van der Waals surface area contributed by atoms with E-state index in [0.717, 1.165) is 0 Å². The van der Waals surface area contributed by atoms with Crippen LogP contribution < -0.4 is 0 Å². The number of nitrogens with one attached hydrogen (secondary N) is 4. The molecule has 0 saturated heterocycles. The number of aromatic hydroxyl groups is 8. The molecule has 0 aliphatic carbocycles. The lowest BCUT2D eigenvalue weighted by atomic mass is 9.76. The van der Waals surface area contributed by atoms with Gasteiger partial charge in [0.25, 0.3) is 0 Å². The first-order chi connectivity index (χ1) is 28.4. The second-order valence-corrected chi connectivity index (χ2v) is 16.6. The summed E-state index contributed by atoms with van der Waals surface area (Å²) in [4.78, 5) is 14.7. The van der Waals surface area contributed by atoms with Crippen LogP contribution in [0.1, 0.15) is 95.5 Å². The maximum Gasteiger partial charge on any atom is 0.119 e. The van der Waals surface area contributed by atoms with Gasteiger partial charge in [-0.1, -0.05) is 0 Å². The Morgan fingerprint density at radius 1 is 0.250 bits per heavy atom. The number of aromatic amines is 4. The molecule has 8 aromatic rings. The maximum atomic E-state index is 10.8. The summed E-state index contributed by atoms with van der Waals surface area (Å²) in [5.41, 5.74) is 3.02. The second kappa shape index (κ2) is 13.0. The molecule has 1 aliphatic rings. The zero-order chi connectivity index (χ0) is 42.5. The SMILES string of the molecule is CC1(c2cc(O)cc(O)c2)c2ccc([nH]2)C(C)(c2cc(O)cc(O)c2)c2ccc([nH]2)C(C)(c2cc(O)cc(O)c2)c2ccc([nH]2)C(C)(c2cc(O)cc(O)c2)c2ccc1[nH]2. The van der Waals surface area contributed by atoms with Gasteiger partial charge in [0.15, 0.2) is 0 Å². The molecule has 0 saturated carbocycles. The highest BCUT2D eigenvalue weighted by Gasteiger charge is 2.44. The van der Waals surface area contributed by atoms with Crippen LogP contribution in [0.2, 0.25) is 0 Å². The van der Waals surface area contributed by atoms with E-state index in [2.05, 4.69) is 19.9 Å². The van der Waals surface area contributed by atoms with E-state index in [1.165, 1.54) is 24.3 Å². The molecule has 4 aromatic carbocycles. The van der Waals surface area contributed by atoms with Crippen LogP contribution in [0.4, 0.5) is 0 Å². The number of rotatable bonds is 4. The molecule has 12 nitrogen and oxygen atoms in total. The number of H-pyrrole nitrogens is 4. The van der Waals surface area contributed by atoms with Crippen LogP contribution in [0.5, 0.6) is 46.0 Å². The Balaban J connectivity index is 1.41. The largest absolute Gasteiger partial charge is 0.508 e. The number of aromatic nitrogens is 4. The normalized spacial score (nSPS) is 22.5. The molecule has 4 aromatic heterocycles. The highest BCUT2D eigenvalue weighted by Crippen LogP contribution is 2.50. The van der Waals surface area contributed by atoms with Crippen LogP contribution in [0.3, 0.4) is 0 Å². The summed E-state index contributed by atoms with van der Waals surface area (Å²) < 4.78 is 0. The third-order valence-corrected chi connectivity index (χ3v) is 13.0. The summed E-state index contributed by atoms with van der Waals surface area (Å²) in [5.74, 6) is -1.13. The second-order valence-electron chi connectivity index (χ2n) is 16.6. The third kappa shape index (κ3) is 5.58. The lowest BCUT2D eigenvalue weighted by Gasteiger charge is -2.34. The molecule has 0 fully saturated rings. The first-order valence-corrected chi connectivity index (χ1v) is 19.4. The molecule has 304 valence electrons. The lowest BCUT2D eigenvalue weighted by molar-refractivity contribution is 0.445. The first kappa shape index (κ1) is 37.9. The molecule has 8 bridgehead atoms. The van der Waals surface area contributed by atoms with Crippen LogP contribution in [0.15, 0.2) is 121 Å². The smallest absolute Gasteiger partial charge is 0.119 e. The van der Waals surface area contributed by atoms with Gasteiger partial charge in [-0.3, -0.25) is 0 Å². The summed E-state index contributed by atoms with van der Waals surface area (Å²) >= 11 is 0. The molecule has 0 radical (unpaired) electrons. The van der Waals surface area contributed by atoms with E-state index in [0.29, 0.717) is 67.8 Å². The van der Waals surface area contributed by atoms with Crippen LogP contribution in [-0.4, -0.2) is 60.8 Å². The molecule has 0 spiro atoms. The van der Waals surface area contributed by atoms with Crippen LogP contribution in [-0.2, 0) is 21.7 Å². The number of benzene rings is 4. The fourth-order valence-corrected chi connectivity index (χ4v) is 9.27. The Labute approximate surface area is 344 Å². The fraction of sp³-hybridized carbons (Fsp3) is 0.167. The maximum absolute atomic E-state index is 10.8. The molecule has 0 unspecified atom stereocenters. The molecule has 12 heteroatoms. The standard InChI is InChI=1S/C48H44N4O8/c1-45(25-13-29(53)21-30(54)14-25)37-5-7-39(49-37)46(2,26-15-31(55)22-32(56)16-26)41-9-11-43(51-41)48(4,28-19-35(59)24-36(60)20-28)44-12-10-42(52-44)47(3,40-8-6-38(45)50-40)27-17-33(57)23-34(58)18-27/h5-24,49-60H,1-4H3. The predicted molar refractivity (Wildman–Crippen MR) is 224 cm³/mol. The van der Waals surface area contributed by atoms with Gasteiger partial charge in [-0.2, -0.15) is 0 Å². The molecule has 5 heterocycles. The molecule has 12 N–H and O–H groups in total. The van der Waals surface area contributed by atoms with E-state index in [-0.39, 0.29) is 46.0 Å². The highest BCUT2D eigenvalue weighted by atomic mass is 16.3. The summed E-state index contributed by atoms with van der Waals surface area (Å²) in [7, 11) is 0. The van der Waals surface area contributed by atoms with Crippen molar-refractivity contribution in [3.8, 4) is 46.0 Å². The average Bonchev–Trinajstić information content (AvgIpc) is 4.02. The first-order valence-electron chi connectivity index (χ1n) is 19.4. The fourth-order valence-electron chi connectivity index (χ4n) is 9.27.